The number of benzene rings is 2. The van der Waals surface area contributed by atoms with E-state index in [1.165, 1.54) is 5.56 Å². The van der Waals surface area contributed by atoms with Gasteiger partial charge in [0.25, 0.3) is 0 Å². The molecule has 1 fully saturated rings. The Morgan fingerprint density at radius 1 is 1.14 bits per heavy atom. The summed E-state index contributed by atoms with van der Waals surface area (Å²) in [6.07, 6.45) is 7.83. The molecule has 5 nitrogen and oxygen atoms in total. The summed E-state index contributed by atoms with van der Waals surface area (Å²) in [6.45, 7) is 3.54. The average Bonchev–Trinajstić information content (AvgIpc) is 3.15. The molecule has 186 valence electrons. The van der Waals surface area contributed by atoms with Crippen LogP contribution in [0.15, 0.2) is 71.3 Å². The Morgan fingerprint density at radius 2 is 1.92 bits per heavy atom. The number of nitrogens with one attached hydrogen (secondary N) is 2. The number of carbonyl (C=O) groups is 1. The predicted octanol–water partition coefficient (Wildman–Crippen LogP) is 6.72. The fourth-order valence-electron chi connectivity index (χ4n) is 5.64. The van der Waals surface area contributed by atoms with Crippen molar-refractivity contribution in [2.45, 2.75) is 24.8 Å². The first kappa shape index (κ1) is 25.4. The first-order valence-electron chi connectivity index (χ1n) is 12.1. The third-order valence-electron chi connectivity index (χ3n) is 7.34. The van der Waals surface area contributed by atoms with E-state index in [1.807, 2.05) is 36.4 Å². The van der Waals surface area contributed by atoms with Crippen LogP contribution in [0.4, 0.5) is 10.5 Å². The third-order valence-corrected chi connectivity index (χ3v) is 8.46. The van der Waals surface area contributed by atoms with Gasteiger partial charge >= 0.3 is 6.03 Å². The van der Waals surface area contributed by atoms with E-state index >= 15 is 0 Å². The quantitative estimate of drug-likeness (QED) is 0.258. The maximum Gasteiger partial charge on any atom is 0.422 e. The van der Waals surface area contributed by atoms with E-state index in [-0.39, 0.29) is 15.9 Å². The first-order chi connectivity index (χ1) is 17.4. The van der Waals surface area contributed by atoms with E-state index in [4.69, 9.17) is 23.2 Å². The van der Waals surface area contributed by atoms with Crippen molar-refractivity contribution in [1.82, 2.24) is 20.1 Å². The molecule has 1 unspecified atom stereocenters. The lowest BCUT2D eigenvalue weighted by Gasteiger charge is -2.36. The summed E-state index contributed by atoms with van der Waals surface area (Å²) in [4.78, 5) is 18.2. The minimum absolute atomic E-state index is 0.0153. The molecule has 2 aliphatic rings. The minimum Gasteiger partial charge on any atom is -0.317 e. The van der Waals surface area contributed by atoms with Gasteiger partial charge < -0.3 is 10.6 Å². The lowest BCUT2D eigenvalue weighted by atomic mass is 9.75. The number of fused-ring (bicyclic) bond motifs is 2. The Labute approximate surface area is 230 Å². The number of halogens is 3. The second-order valence-corrected chi connectivity index (χ2v) is 11.3. The van der Waals surface area contributed by atoms with Crippen LogP contribution >= 0.6 is 39.1 Å². The molecular weight excluding hydrogens is 559 g/mol. The zero-order valence-corrected chi connectivity index (χ0v) is 22.9. The van der Waals surface area contributed by atoms with Crippen molar-refractivity contribution in [1.29, 1.82) is 0 Å². The summed E-state index contributed by atoms with van der Waals surface area (Å²) in [6, 6.07) is 17.6. The number of carbonyl (C=O) groups excluding carboxylic acids is 1. The molecule has 3 heterocycles. The molecule has 0 aliphatic carbocycles. The molecule has 1 atom stereocenters. The van der Waals surface area contributed by atoms with Crippen LogP contribution in [0, 0.1) is 0 Å². The van der Waals surface area contributed by atoms with Gasteiger partial charge in [-0.2, -0.15) is 0 Å². The van der Waals surface area contributed by atoms with Crippen LogP contribution in [0.3, 0.4) is 0 Å². The zero-order chi connectivity index (χ0) is 25.2. The lowest BCUT2D eigenvalue weighted by Crippen LogP contribution is -2.60. The standard InChI is InChI=1S/C28H27BrCl2N4O/c29-23-4-1-5-24-26(23)28(11-14-32-15-12-28)19-35(24,16-2-3-20-6-8-22(30)9-7-20)27(36)34-18-21-10-13-33-25(31)17-21/h1-10,13,17,32H,11-12,14-16,18-19H2/p+1/b3-2+. The molecule has 0 radical (unpaired) electrons. The summed E-state index contributed by atoms with van der Waals surface area (Å²) < 4.78 is 1.30. The Balaban J connectivity index is 1.52. The summed E-state index contributed by atoms with van der Waals surface area (Å²) >= 11 is 16.0. The zero-order valence-electron chi connectivity index (χ0n) is 19.8. The number of urea groups is 1. The predicted molar refractivity (Wildman–Crippen MR) is 151 cm³/mol. The van der Waals surface area contributed by atoms with Crippen molar-refractivity contribution >= 4 is 56.9 Å². The molecule has 0 bridgehead atoms. The van der Waals surface area contributed by atoms with Crippen LogP contribution in [-0.2, 0) is 12.0 Å². The monoisotopic (exact) mass is 585 g/mol. The molecule has 2 aliphatic heterocycles. The van der Waals surface area contributed by atoms with Gasteiger partial charge in [-0.05, 0) is 73.5 Å². The van der Waals surface area contributed by atoms with Gasteiger partial charge in [0.2, 0.25) is 0 Å². The molecule has 1 spiro atoms. The van der Waals surface area contributed by atoms with Crippen molar-refractivity contribution < 1.29 is 4.79 Å². The van der Waals surface area contributed by atoms with Crippen LogP contribution in [-0.4, -0.2) is 37.2 Å². The number of nitrogens with zero attached hydrogens (tertiary/aromatic N) is 2. The summed E-state index contributed by atoms with van der Waals surface area (Å²) in [5.41, 5.74) is 4.25. The number of aromatic nitrogens is 1. The smallest absolute Gasteiger partial charge is 0.317 e. The van der Waals surface area contributed by atoms with Gasteiger partial charge in [0, 0.05) is 33.9 Å². The van der Waals surface area contributed by atoms with Crippen molar-refractivity contribution in [2.24, 2.45) is 0 Å². The maximum atomic E-state index is 14.1. The van der Waals surface area contributed by atoms with Crippen LogP contribution in [0.5, 0.6) is 0 Å². The van der Waals surface area contributed by atoms with Gasteiger partial charge in [0.15, 0.2) is 0 Å². The minimum atomic E-state index is -0.0634. The molecule has 5 rings (SSSR count). The van der Waals surface area contributed by atoms with Gasteiger partial charge in [0.05, 0.1) is 5.41 Å². The molecule has 8 heteroatoms. The van der Waals surface area contributed by atoms with E-state index in [0.717, 1.165) is 53.8 Å². The molecule has 1 aromatic heterocycles. The van der Waals surface area contributed by atoms with E-state index in [1.54, 1.807) is 12.3 Å². The molecule has 1 saturated heterocycles. The molecule has 3 aromatic rings. The fraction of sp³-hybridized carbons (Fsp3) is 0.286. The van der Waals surface area contributed by atoms with Gasteiger partial charge in [-0.3, -0.25) is 0 Å². The summed E-state index contributed by atoms with van der Waals surface area (Å²) in [5, 5.41) is 7.83. The largest absolute Gasteiger partial charge is 0.422 e. The van der Waals surface area contributed by atoms with Gasteiger partial charge in [-0.25, -0.2) is 14.3 Å². The number of pyridine rings is 1. The molecule has 36 heavy (non-hydrogen) atoms. The second-order valence-electron chi connectivity index (χ2n) is 9.57. The van der Waals surface area contributed by atoms with Crippen molar-refractivity contribution in [3.05, 3.63) is 98.2 Å². The topological polar surface area (TPSA) is 54.0 Å². The summed E-state index contributed by atoms with van der Waals surface area (Å²) in [5.74, 6) is 0. The molecular formula is C28H28BrCl2N4O+. The van der Waals surface area contributed by atoms with Crippen molar-refractivity contribution in [2.75, 3.05) is 26.2 Å². The number of amides is 2. The van der Waals surface area contributed by atoms with Crippen LogP contribution < -0.4 is 15.1 Å². The maximum absolute atomic E-state index is 14.1. The van der Waals surface area contributed by atoms with Crippen molar-refractivity contribution in [3.8, 4) is 0 Å². The number of hydrogen-bond acceptors (Lipinski definition) is 3. The Hall–Kier alpha value is -2.22. The fourth-order valence-corrected chi connectivity index (χ4v) is 6.74. The van der Waals surface area contributed by atoms with Gasteiger partial charge in [-0.15, -0.1) is 0 Å². The number of hydrogen-bond donors (Lipinski definition) is 2. The lowest BCUT2D eigenvalue weighted by molar-refractivity contribution is 0.189. The highest BCUT2D eigenvalue weighted by Gasteiger charge is 2.57. The highest BCUT2D eigenvalue weighted by Crippen LogP contribution is 2.52. The van der Waals surface area contributed by atoms with Crippen LogP contribution in [0.25, 0.3) is 6.08 Å². The van der Waals surface area contributed by atoms with Gasteiger partial charge in [-0.1, -0.05) is 63.4 Å². The Bertz CT molecular complexity index is 1290. The van der Waals surface area contributed by atoms with E-state index in [2.05, 4.69) is 55.8 Å². The van der Waals surface area contributed by atoms with E-state index in [0.29, 0.717) is 23.3 Å². The number of rotatable bonds is 5. The first-order valence-corrected chi connectivity index (χ1v) is 13.7. The normalized spacial score (nSPS) is 20.5. The highest BCUT2D eigenvalue weighted by atomic mass is 79.9. The average molecular weight is 587 g/mol. The number of piperidine rings is 1. The molecule has 2 N–H and O–H groups in total. The van der Waals surface area contributed by atoms with E-state index in [9.17, 15) is 4.79 Å². The Morgan fingerprint density at radius 3 is 2.67 bits per heavy atom. The summed E-state index contributed by atoms with van der Waals surface area (Å²) in [7, 11) is 0. The van der Waals surface area contributed by atoms with E-state index < -0.39 is 0 Å². The van der Waals surface area contributed by atoms with Gasteiger partial charge in [0.1, 0.15) is 23.9 Å². The van der Waals surface area contributed by atoms with Crippen LogP contribution in [0.1, 0.15) is 29.5 Å². The number of quaternary nitrogens is 1. The molecule has 0 saturated carbocycles. The highest BCUT2D eigenvalue weighted by molar-refractivity contribution is 9.10. The molecule has 2 aromatic carbocycles. The van der Waals surface area contributed by atoms with Crippen molar-refractivity contribution in [3.63, 3.8) is 0 Å². The SMILES string of the molecule is O=C(NCc1ccnc(Cl)c1)[N+]1(C/C=C/c2ccc(Cl)cc2)CC2(CCNCC2)c2c(Br)cccc21. The second kappa shape index (κ2) is 10.6. The Kier molecular flexibility index (Phi) is 7.52. The van der Waals surface area contributed by atoms with Crippen LogP contribution in [0.2, 0.25) is 10.2 Å². The molecule has 2 amide bonds. The third kappa shape index (κ3) is 4.98.